The number of halogens is 2. The van der Waals surface area contributed by atoms with Crippen LogP contribution in [0.5, 0.6) is 11.5 Å². The van der Waals surface area contributed by atoms with E-state index >= 15 is 0 Å². The fraction of sp³-hybridized carbons (Fsp3) is 0.120. The third-order valence-corrected chi connectivity index (χ3v) is 6.74. The molecule has 11 heteroatoms. The van der Waals surface area contributed by atoms with E-state index in [1.165, 1.54) is 29.7 Å². The van der Waals surface area contributed by atoms with E-state index in [0.717, 1.165) is 10.3 Å². The number of hydrogen-bond acceptors (Lipinski definition) is 7. The van der Waals surface area contributed by atoms with Crippen LogP contribution in [0.3, 0.4) is 0 Å². The Balaban J connectivity index is 1.47. The number of non-ortho nitro benzene ring substituents is 1. The van der Waals surface area contributed by atoms with Gasteiger partial charge in [-0.2, -0.15) is 5.10 Å². The number of benzene rings is 3. The molecule has 0 spiro atoms. The molecule has 1 heterocycles. The van der Waals surface area contributed by atoms with Crippen molar-refractivity contribution in [3.8, 4) is 11.5 Å². The van der Waals surface area contributed by atoms with Gasteiger partial charge in [0.1, 0.15) is 6.61 Å². The lowest BCUT2D eigenvalue weighted by atomic mass is 10.2. The molecule has 0 aliphatic carbocycles. The van der Waals surface area contributed by atoms with E-state index in [2.05, 4.69) is 10.5 Å². The number of carbonyl (C=O) groups excluding carboxylic acids is 1. The number of nitrogens with zero attached hydrogens (tertiary/aromatic N) is 2. The summed E-state index contributed by atoms with van der Waals surface area (Å²) < 4.78 is 12.4. The first-order chi connectivity index (χ1) is 17.4. The van der Waals surface area contributed by atoms with Gasteiger partial charge in [-0.1, -0.05) is 41.4 Å². The monoisotopic (exact) mass is 543 g/mol. The second-order valence-electron chi connectivity index (χ2n) is 7.43. The molecule has 1 amide bonds. The quantitative estimate of drug-likeness (QED) is 0.141. The maximum Gasteiger partial charge on any atom is 0.281 e. The first kappa shape index (κ1) is 25.4. The molecule has 0 fully saturated rings. The highest BCUT2D eigenvalue weighted by Crippen LogP contribution is 2.37. The van der Waals surface area contributed by atoms with Gasteiger partial charge in [-0.05, 0) is 42.8 Å². The van der Waals surface area contributed by atoms with Crippen LogP contribution in [0, 0.1) is 10.1 Å². The van der Waals surface area contributed by atoms with Gasteiger partial charge >= 0.3 is 0 Å². The van der Waals surface area contributed by atoms with Crippen LogP contribution in [0.25, 0.3) is 10.1 Å². The van der Waals surface area contributed by atoms with Crippen LogP contribution in [0.1, 0.15) is 27.7 Å². The van der Waals surface area contributed by atoms with Gasteiger partial charge < -0.3 is 9.47 Å². The van der Waals surface area contributed by atoms with E-state index in [0.29, 0.717) is 44.0 Å². The van der Waals surface area contributed by atoms with E-state index in [9.17, 15) is 14.9 Å². The number of nitrogens with one attached hydrogen (secondary N) is 1. The lowest BCUT2D eigenvalue weighted by molar-refractivity contribution is -0.384. The predicted molar refractivity (Wildman–Crippen MR) is 142 cm³/mol. The van der Waals surface area contributed by atoms with Crippen molar-refractivity contribution in [1.82, 2.24) is 5.43 Å². The molecule has 1 N–H and O–H groups in total. The molecule has 0 saturated heterocycles. The summed E-state index contributed by atoms with van der Waals surface area (Å²) in [6, 6.07) is 16.7. The second-order valence-corrected chi connectivity index (χ2v) is 9.33. The lowest BCUT2D eigenvalue weighted by Crippen LogP contribution is -2.16. The Hall–Kier alpha value is -3.66. The van der Waals surface area contributed by atoms with Crippen molar-refractivity contribution in [3.05, 3.63) is 96.8 Å². The molecule has 0 aliphatic rings. The third kappa shape index (κ3) is 5.93. The average Bonchev–Trinajstić information content (AvgIpc) is 3.28. The summed E-state index contributed by atoms with van der Waals surface area (Å²) >= 11 is 13.9. The molecular formula is C25H19Cl2N3O5S. The third-order valence-electron chi connectivity index (χ3n) is 4.98. The van der Waals surface area contributed by atoms with Crippen LogP contribution in [0.4, 0.5) is 5.69 Å². The van der Waals surface area contributed by atoms with E-state index < -0.39 is 10.8 Å². The van der Waals surface area contributed by atoms with E-state index in [1.807, 2.05) is 25.1 Å². The zero-order valence-electron chi connectivity index (χ0n) is 18.9. The number of nitro benzene ring substituents is 1. The van der Waals surface area contributed by atoms with Crippen LogP contribution < -0.4 is 14.9 Å². The molecule has 0 aliphatic heterocycles. The Bertz CT molecular complexity index is 1470. The van der Waals surface area contributed by atoms with Crippen molar-refractivity contribution in [2.24, 2.45) is 5.10 Å². The lowest BCUT2D eigenvalue weighted by Gasteiger charge is -2.15. The van der Waals surface area contributed by atoms with Gasteiger partial charge in [0.05, 0.1) is 27.6 Å². The van der Waals surface area contributed by atoms with Gasteiger partial charge in [0.25, 0.3) is 11.6 Å². The van der Waals surface area contributed by atoms with Gasteiger partial charge in [0, 0.05) is 32.8 Å². The van der Waals surface area contributed by atoms with Crippen molar-refractivity contribution in [3.63, 3.8) is 0 Å². The highest BCUT2D eigenvalue weighted by Gasteiger charge is 2.15. The molecular weight excluding hydrogens is 525 g/mol. The van der Waals surface area contributed by atoms with Crippen molar-refractivity contribution in [2.45, 2.75) is 13.5 Å². The summed E-state index contributed by atoms with van der Waals surface area (Å²) in [6.45, 7) is 2.44. The molecule has 8 nitrogen and oxygen atoms in total. The number of nitro groups is 1. The summed E-state index contributed by atoms with van der Waals surface area (Å²) in [7, 11) is 0. The normalized spacial score (nSPS) is 11.1. The Labute approximate surface area is 220 Å². The maximum atomic E-state index is 12.5. The minimum absolute atomic E-state index is 0.0356. The van der Waals surface area contributed by atoms with Gasteiger partial charge in [-0.15, -0.1) is 11.3 Å². The number of carbonyl (C=O) groups is 1. The Kier molecular flexibility index (Phi) is 8.04. The van der Waals surface area contributed by atoms with Gasteiger partial charge in [0.15, 0.2) is 11.5 Å². The largest absolute Gasteiger partial charge is 0.490 e. The van der Waals surface area contributed by atoms with Gasteiger partial charge in [-0.3, -0.25) is 14.9 Å². The summed E-state index contributed by atoms with van der Waals surface area (Å²) in [5.74, 6) is 0.362. The number of thiophene rings is 1. The van der Waals surface area contributed by atoms with Crippen molar-refractivity contribution >= 4 is 62.4 Å². The number of fused-ring (bicyclic) bond motifs is 1. The molecule has 0 atom stereocenters. The van der Waals surface area contributed by atoms with Crippen molar-refractivity contribution < 1.29 is 19.2 Å². The van der Waals surface area contributed by atoms with E-state index in [1.54, 1.807) is 30.3 Å². The SMILES string of the molecule is CCOc1cc(/C=N\NC(=O)c2cc3cc([N+](=O)[O-])ccc3s2)cc(Cl)c1OCc1ccccc1Cl. The van der Waals surface area contributed by atoms with E-state index in [4.69, 9.17) is 32.7 Å². The molecule has 184 valence electrons. The Morgan fingerprint density at radius 1 is 1.11 bits per heavy atom. The van der Waals surface area contributed by atoms with Crippen LogP contribution in [-0.2, 0) is 6.61 Å². The van der Waals surface area contributed by atoms with Crippen LogP contribution in [-0.4, -0.2) is 23.7 Å². The standard InChI is InChI=1S/C25H19Cl2N3O5S/c1-2-34-21-10-15(9-20(27)24(21)35-14-16-5-3-4-6-19(16)26)13-28-29-25(31)23-12-17-11-18(30(32)33)7-8-22(17)36-23/h3-13H,2,14H2,1H3,(H,29,31)/b28-13-. The van der Waals surface area contributed by atoms with Crippen molar-refractivity contribution in [2.75, 3.05) is 6.61 Å². The molecule has 4 aromatic rings. The van der Waals surface area contributed by atoms with Crippen LogP contribution >= 0.6 is 34.5 Å². The van der Waals surface area contributed by atoms with E-state index in [-0.39, 0.29) is 12.3 Å². The summed E-state index contributed by atoms with van der Waals surface area (Å²) in [4.78, 5) is 23.4. The Morgan fingerprint density at radius 3 is 2.67 bits per heavy atom. The topological polar surface area (TPSA) is 103 Å². The maximum absolute atomic E-state index is 12.5. The first-order valence-corrected chi connectivity index (χ1v) is 12.3. The minimum Gasteiger partial charge on any atom is -0.490 e. The molecule has 0 radical (unpaired) electrons. The predicted octanol–water partition coefficient (Wildman–Crippen LogP) is 6.86. The molecule has 4 rings (SSSR count). The molecule has 1 aromatic heterocycles. The summed E-state index contributed by atoms with van der Waals surface area (Å²) in [5, 5.41) is 16.5. The number of hydrazone groups is 1. The fourth-order valence-corrected chi connectivity index (χ4v) is 4.70. The Morgan fingerprint density at radius 2 is 1.92 bits per heavy atom. The second kappa shape index (κ2) is 11.4. The zero-order valence-corrected chi connectivity index (χ0v) is 21.2. The zero-order chi connectivity index (χ0) is 25.7. The van der Waals surface area contributed by atoms with Crippen LogP contribution in [0.2, 0.25) is 10.0 Å². The van der Waals surface area contributed by atoms with Crippen LogP contribution in [0.15, 0.2) is 65.8 Å². The highest BCUT2D eigenvalue weighted by atomic mass is 35.5. The number of ether oxygens (including phenoxy) is 2. The number of amides is 1. The highest BCUT2D eigenvalue weighted by molar-refractivity contribution is 7.20. The molecule has 0 saturated carbocycles. The van der Waals surface area contributed by atoms with Crippen molar-refractivity contribution in [1.29, 1.82) is 0 Å². The minimum atomic E-state index is -0.476. The average molecular weight is 544 g/mol. The molecule has 36 heavy (non-hydrogen) atoms. The first-order valence-electron chi connectivity index (χ1n) is 10.7. The summed E-state index contributed by atoms with van der Waals surface area (Å²) in [5.41, 5.74) is 3.82. The molecule has 3 aromatic carbocycles. The number of hydrogen-bond donors (Lipinski definition) is 1. The fourth-order valence-electron chi connectivity index (χ4n) is 3.31. The van der Waals surface area contributed by atoms with Gasteiger partial charge in [-0.25, -0.2) is 5.43 Å². The smallest absolute Gasteiger partial charge is 0.281 e. The summed E-state index contributed by atoms with van der Waals surface area (Å²) in [6.07, 6.45) is 1.43. The molecule has 0 unspecified atom stereocenters. The van der Waals surface area contributed by atoms with Gasteiger partial charge in [0.2, 0.25) is 0 Å². The number of rotatable bonds is 9. The molecule has 0 bridgehead atoms.